The van der Waals surface area contributed by atoms with Crippen LogP contribution in [0.1, 0.15) is 24.9 Å². The Hall–Kier alpha value is -0.430. The lowest BCUT2D eigenvalue weighted by atomic mass is 10.2. The molecule has 0 spiro atoms. The maximum Gasteiger partial charge on any atom is 0.264 e. The van der Waals surface area contributed by atoms with Crippen molar-refractivity contribution in [1.82, 2.24) is 14.9 Å². The highest BCUT2D eigenvalue weighted by Crippen LogP contribution is 2.07. The third kappa shape index (κ3) is 3.57. The third-order valence-corrected chi connectivity index (χ3v) is 3.05. The molecule has 0 aromatic carbocycles. The zero-order chi connectivity index (χ0) is 11.4. The van der Waals surface area contributed by atoms with E-state index in [-0.39, 0.29) is 5.56 Å². The van der Waals surface area contributed by atoms with Crippen LogP contribution in [0.15, 0.2) is 4.79 Å². The fourth-order valence-corrected chi connectivity index (χ4v) is 1.86. The lowest BCUT2D eigenvalue weighted by Crippen LogP contribution is -2.22. The van der Waals surface area contributed by atoms with Gasteiger partial charge in [-0.3, -0.25) is 4.79 Å². The van der Waals surface area contributed by atoms with Crippen molar-refractivity contribution in [2.24, 2.45) is 0 Å². The van der Waals surface area contributed by atoms with Crippen LogP contribution in [0.3, 0.4) is 0 Å². The molecule has 0 aliphatic carbocycles. The van der Waals surface area contributed by atoms with E-state index in [4.69, 9.17) is 0 Å². The Balaban J connectivity index is 3.06. The second kappa shape index (κ2) is 5.60. The van der Waals surface area contributed by atoms with E-state index in [1.165, 1.54) is 0 Å². The molecule has 84 valence electrons. The first kappa shape index (κ1) is 12.6. The summed E-state index contributed by atoms with van der Waals surface area (Å²) in [7, 11) is 3.91. The minimum atomic E-state index is -0.0223. The molecule has 0 radical (unpaired) electrons. The maximum atomic E-state index is 11.6. The minimum Gasteiger partial charge on any atom is -0.309 e. The monoisotopic (exact) mass is 321 g/mol. The number of aryl methyl sites for hydroxylation is 1. The van der Waals surface area contributed by atoms with Gasteiger partial charge in [0.05, 0.1) is 15.8 Å². The second-order valence-corrected chi connectivity index (χ2v) is 4.84. The standard InChI is InChI=1S/C10H16IN3O/c1-4-5-7-9(11)10(15)13-8(12-7)6-14(2)3/h4-6H2,1-3H3,(H,12,13,15). The zero-order valence-corrected chi connectivity index (χ0v) is 11.5. The van der Waals surface area contributed by atoms with Crippen LogP contribution < -0.4 is 5.56 Å². The molecule has 0 bridgehead atoms. The summed E-state index contributed by atoms with van der Waals surface area (Å²) in [5.41, 5.74) is 0.893. The van der Waals surface area contributed by atoms with Crippen LogP contribution in [0.2, 0.25) is 0 Å². The van der Waals surface area contributed by atoms with Crippen LogP contribution >= 0.6 is 22.6 Å². The van der Waals surface area contributed by atoms with Crippen LogP contribution in [0, 0.1) is 3.57 Å². The normalized spacial score (nSPS) is 11.0. The second-order valence-electron chi connectivity index (χ2n) is 3.76. The molecule has 0 amide bonds. The third-order valence-electron chi connectivity index (χ3n) is 1.93. The highest BCUT2D eigenvalue weighted by atomic mass is 127. The lowest BCUT2D eigenvalue weighted by molar-refractivity contribution is 0.389. The maximum absolute atomic E-state index is 11.6. The van der Waals surface area contributed by atoms with E-state index in [0.29, 0.717) is 6.54 Å². The summed E-state index contributed by atoms with van der Waals surface area (Å²) in [5, 5.41) is 0. The predicted molar refractivity (Wildman–Crippen MR) is 69.0 cm³/mol. The van der Waals surface area contributed by atoms with Gasteiger partial charge in [0.2, 0.25) is 0 Å². The summed E-state index contributed by atoms with van der Waals surface area (Å²) < 4.78 is 0.719. The number of hydrogen-bond acceptors (Lipinski definition) is 3. The van der Waals surface area contributed by atoms with Gasteiger partial charge in [0.15, 0.2) is 0 Å². The SMILES string of the molecule is CCCc1nc(CN(C)C)[nH]c(=O)c1I. The number of hydrogen-bond donors (Lipinski definition) is 1. The summed E-state index contributed by atoms with van der Waals surface area (Å²) in [6.45, 7) is 2.76. The van der Waals surface area contributed by atoms with Crippen molar-refractivity contribution in [3.05, 3.63) is 25.4 Å². The molecular weight excluding hydrogens is 305 g/mol. The number of aromatic nitrogens is 2. The molecule has 1 rings (SSSR count). The van der Waals surface area contributed by atoms with Gasteiger partial charge in [-0.05, 0) is 43.1 Å². The molecule has 1 heterocycles. The largest absolute Gasteiger partial charge is 0.309 e. The molecule has 0 atom stereocenters. The summed E-state index contributed by atoms with van der Waals surface area (Å²) in [6.07, 6.45) is 1.87. The van der Waals surface area contributed by atoms with Crippen molar-refractivity contribution in [2.45, 2.75) is 26.3 Å². The van der Waals surface area contributed by atoms with Gasteiger partial charge >= 0.3 is 0 Å². The molecular formula is C10H16IN3O. The fourth-order valence-electron chi connectivity index (χ4n) is 1.33. The molecule has 0 aliphatic heterocycles. The fraction of sp³-hybridized carbons (Fsp3) is 0.600. The van der Waals surface area contributed by atoms with Crippen molar-refractivity contribution in [2.75, 3.05) is 14.1 Å². The molecule has 5 heteroatoms. The van der Waals surface area contributed by atoms with Gasteiger partial charge in [-0.15, -0.1) is 0 Å². The molecule has 0 saturated carbocycles. The smallest absolute Gasteiger partial charge is 0.264 e. The van der Waals surface area contributed by atoms with E-state index in [1.807, 2.05) is 19.0 Å². The lowest BCUT2D eigenvalue weighted by Gasteiger charge is -2.10. The number of nitrogens with one attached hydrogen (secondary N) is 1. The van der Waals surface area contributed by atoms with Crippen LogP contribution in [-0.2, 0) is 13.0 Å². The number of rotatable bonds is 4. The van der Waals surface area contributed by atoms with Gasteiger partial charge in [0.1, 0.15) is 5.82 Å². The van der Waals surface area contributed by atoms with E-state index in [0.717, 1.165) is 27.9 Å². The van der Waals surface area contributed by atoms with Crippen molar-refractivity contribution >= 4 is 22.6 Å². The molecule has 0 unspecified atom stereocenters. The molecule has 0 aliphatic rings. The first-order chi connectivity index (χ1) is 7.04. The first-order valence-corrected chi connectivity index (χ1v) is 6.04. The van der Waals surface area contributed by atoms with Gasteiger partial charge < -0.3 is 9.88 Å². The van der Waals surface area contributed by atoms with Crippen molar-refractivity contribution in [3.8, 4) is 0 Å². The number of H-pyrrole nitrogens is 1. The van der Waals surface area contributed by atoms with Crippen molar-refractivity contribution < 1.29 is 0 Å². The van der Waals surface area contributed by atoms with Crippen molar-refractivity contribution in [1.29, 1.82) is 0 Å². The highest BCUT2D eigenvalue weighted by Gasteiger charge is 2.08. The molecule has 0 fully saturated rings. The van der Waals surface area contributed by atoms with Crippen LogP contribution in [-0.4, -0.2) is 29.0 Å². The van der Waals surface area contributed by atoms with Crippen LogP contribution in [0.5, 0.6) is 0 Å². The van der Waals surface area contributed by atoms with E-state index < -0.39 is 0 Å². The van der Waals surface area contributed by atoms with Gasteiger partial charge in [0.25, 0.3) is 5.56 Å². The average molecular weight is 321 g/mol. The Kier molecular flexibility index (Phi) is 4.72. The number of halogens is 1. The van der Waals surface area contributed by atoms with E-state index in [1.54, 1.807) is 0 Å². The first-order valence-electron chi connectivity index (χ1n) is 4.97. The Morgan fingerprint density at radius 1 is 1.47 bits per heavy atom. The molecule has 15 heavy (non-hydrogen) atoms. The molecule has 1 aromatic rings. The van der Waals surface area contributed by atoms with Crippen LogP contribution in [0.25, 0.3) is 0 Å². The Bertz CT molecular complexity index is 387. The Labute approximate surface area is 103 Å². The topological polar surface area (TPSA) is 49.0 Å². The summed E-state index contributed by atoms with van der Waals surface area (Å²) in [6, 6.07) is 0. The summed E-state index contributed by atoms with van der Waals surface area (Å²) in [4.78, 5) is 20.8. The highest BCUT2D eigenvalue weighted by molar-refractivity contribution is 14.1. The zero-order valence-electron chi connectivity index (χ0n) is 9.30. The van der Waals surface area contributed by atoms with E-state index in [2.05, 4.69) is 39.5 Å². The van der Waals surface area contributed by atoms with Gasteiger partial charge in [-0.25, -0.2) is 4.98 Å². The molecule has 0 saturated heterocycles. The van der Waals surface area contributed by atoms with Crippen LogP contribution in [0.4, 0.5) is 0 Å². The molecule has 1 aromatic heterocycles. The summed E-state index contributed by atoms with van der Waals surface area (Å²) >= 11 is 2.06. The quantitative estimate of drug-likeness (QED) is 0.853. The van der Waals surface area contributed by atoms with Gasteiger partial charge in [-0.2, -0.15) is 0 Å². The Morgan fingerprint density at radius 3 is 2.67 bits per heavy atom. The molecule has 1 N–H and O–H groups in total. The number of aromatic amines is 1. The van der Waals surface area contributed by atoms with E-state index >= 15 is 0 Å². The summed E-state index contributed by atoms with van der Waals surface area (Å²) in [5.74, 6) is 0.744. The minimum absolute atomic E-state index is 0.0223. The van der Waals surface area contributed by atoms with Crippen molar-refractivity contribution in [3.63, 3.8) is 0 Å². The van der Waals surface area contributed by atoms with Gasteiger partial charge in [-0.1, -0.05) is 13.3 Å². The van der Waals surface area contributed by atoms with E-state index in [9.17, 15) is 4.79 Å². The Morgan fingerprint density at radius 2 is 2.13 bits per heavy atom. The number of nitrogens with zero attached hydrogens (tertiary/aromatic N) is 2. The average Bonchev–Trinajstić information content (AvgIpc) is 2.12. The molecule has 4 nitrogen and oxygen atoms in total. The van der Waals surface area contributed by atoms with Gasteiger partial charge in [0, 0.05) is 0 Å². The predicted octanol–water partition coefficient (Wildman–Crippen LogP) is 1.39.